The van der Waals surface area contributed by atoms with Crippen molar-refractivity contribution in [3.63, 3.8) is 0 Å². The largest absolute Gasteiger partial charge is 0.417 e. The number of aryl methyl sites for hydroxylation is 1. The van der Waals surface area contributed by atoms with E-state index in [9.17, 15) is 21.6 Å². The van der Waals surface area contributed by atoms with Crippen LogP contribution in [0.3, 0.4) is 0 Å². The predicted octanol–water partition coefficient (Wildman–Crippen LogP) is 2.49. The quantitative estimate of drug-likeness (QED) is 0.515. The molecule has 28 heavy (non-hydrogen) atoms. The third-order valence-corrected chi connectivity index (χ3v) is 5.93. The molecule has 4 rings (SSSR count). The van der Waals surface area contributed by atoms with Crippen LogP contribution >= 0.6 is 0 Å². The SMILES string of the molecule is CCS(=O)(=O)c1nn2cccnc2c1-c1nc2cc(C(F)(F)F)cnc2n1C. The highest BCUT2D eigenvalue weighted by Crippen LogP contribution is 2.34. The molecular formula is C16H13F3N6O2S. The first kappa shape index (κ1) is 18.3. The molecule has 8 nitrogen and oxygen atoms in total. The Balaban J connectivity index is 2.07. The van der Waals surface area contributed by atoms with Crippen LogP contribution < -0.4 is 0 Å². The van der Waals surface area contributed by atoms with E-state index in [-0.39, 0.29) is 39.0 Å². The first-order valence-corrected chi connectivity index (χ1v) is 9.75. The fourth-order valence-electron chi connectivity index (χ4n) is 2.87. The van der Waals surface area contributed by atoms with E-state index >= 15 is 0 Å². The molecule has 0 aromatic carbocycles. The molecule has 0 aliphatic carbocycles. The molecule has 0 aliphatic rings. The highest BCUT2D eigenvalue weighted by molar-refractivity contribution is 7.91. The molecule has 0 bridgehead atoms. The molecule has 0 amide bonds. The summed E-state index contributed by atoms with van der Waals surface area (Å²) in [5.74, 6) is -0.0906. The number of aromatic nitrogens is 6. The molecule has 4 heterocycles. The van der Waals surface area contributed by atoms with Crippen molar-refractivity contribution in [2.24, 2.45) is 7.05 Å². The summed E-state index contributed by atoms with van der Waals surface area (Å²) in [5.41, 5.74) is -0.426. The molecule has 0 spiro atoms. The summed E-state index contributed by atoms with van der Waals surface area (Å²) in [6.07, 6.45) is -0.859. The van der Waals surface area contributed by atoms with Gasteiger partial charge in [-0.15, -0.1) is 0 Å². The van der Waals surface area contributed by atoms with Crippen LogP contribution in [0.5, 0.6) is 0 Å². The van der Waals surface area contributed by atoms with Crippen molar-refractivity contribution >= 4 is 26.6 Å². The lowest BCUT2D eigenvalue weighted by Gasteiger charge is -2.05. The van der Waals surface area contributed by atoms with Gasteiger partial charge in [-0.3, -0.25) is 0 Å². The van der Waals surface area contributed by atoms with Crippen molar-refractivity contribution in [2.75, 3.05) is 5.75 Å². The van der Waals surface area contributed by atoms with Crippen LogP contribution in [-0.2, 0) is 23.1 Å². The van der Waals surface area contributed by atoms with E-state index in [0.717, 1.165) is 6.07 Å². The van der Waals surface area contributed by atoms with Gasteiger partial charge in [0.05, 0.1) is 11.3 Å². The van der Waals surface area contributed by atoms with Gasteiger partial charge >= 0.3 is 6.18 Å². The molecule has 0 N–H and O–H groups in total. The molecule has 0 unspecified atom stereocenters. The Hall–Kier alpha value is -3.02. The number of alkyl halides is 3. The Bertz CT molecular complexity index is 1320. The molecule has 0 fully saturated rings. The van der Waals surface area contributed by atoms with Crippen molar-refractivity contribution < 1.29 is 21.6 Å². The summed E-state index contributed by atoms with van der Waals surface area (Å²) in [5, 5.41) is 3.88. The Morgan fingerprint density at radius 1 is 1.18 bits per heavy atom. The number of rotatable bonds is 3. The fraction of sp³-hybridized carbons (Fsp3) is 0.250. The lowest BCUT2D eigenvalue weighted by atomic mass is 10.2. The molecule has 0 saturated carbocycles. The van der Waals surface area contributed by atoms with Gasteiger partial charge in [0.25, 0.3) is 0 Å². The molecule has 0 aliphatic heterocycles. The van der Waals surface area contributed by atoms with Crippen molar-refractivity contribution in [1.29, 1.82) is 0 Å². The standard InChI is InChI=1S/C16H13F3N6O2S/c1-3-28(26,27)15-11(13-20-5-4-6-25(13)23-15)14-22-10-7-9(16(17,18)19)8-21-12(10)24(14)2/h4-8H,3H2,1-2H3. The molecule has 4 aromatic heterocycles. The number of hydrogen-bond acceptors (Lipinski definition) is 6. The summed E-state index contributed by atoms with van der Waals surface area (Å²) >= 11 is 0. The van der Waals surface area contributed by atoms with E-state index in [1.54, 1.807) is 13.1 Å². The van der Waals surface area contributed by atoms with E-state index in [4.69, 9.17) is 0 Å². The summed E-state index contributed by atoms with van der Waals surface area (Å²) < 4.78 is 66.8. The second kappa shape index (κ2) is 5.99. The second-order valence-corrected chi connectivity index (χ2v) is 8.22. The van der Waals surface area contributed by atoms with Gasteiger partial charge in [0, 0.05) is 25.6 Å². The van der Waals surface area contributed by atoms with Gasteiger partial charge < -0.3 is 4.57 Å². The zero-order valence-corrected chi connectivity index (χ0v) is 15.5. The third kappa shape index (κ3) is 2.71. The lowest BCUT2D eigenvalue weighted by Crippen LogP contribution is -2.07. The van der Waals surface area contributed by atoms with Gasteiger partial charge in [-0.25, -0.2) is 27.9 Å². The predicted molar refractivity (Wildman–Crippen MR) is 93.2 cm³/mol. The fourth-order valence-corrected chi connectivity index (χ4v) is 3.85. The maximum atomic E-state index is 13.0. The van der Waals surface area contributed by atoms with Gasteiger partial charge in [-0.2, -0.15) is 18.3 Å². The van der Waals surface area contributed by atoms with Gasteiger partial charge in [-0.05, 0) is 12.1 Å². The van der Waals surface area contributed by atoms with E-state index < -0.39 is 21.6 Å². The minimum atomic E-state index is -4.57. The zero-order chi connectivity index (χ0) is 20.3. The van der Waals surface area contributed by atoms with Crippen LogP contribution in [0.25, 0.3) is 28.2 Å². The Labute approximate surface area is 156 Å². The number of fused-ring (bicyclic) bond motifs is 2. The normalized spacial score (nSPS) is 12.9. The smallest absolute Gasteiger partial charge is 0.312 e. The summed E-state index contributed by atoms with van der Waals surface area (Å²) in [6.45, 7) is 1.47. The van der Waals surface area contributed by atoms with Crippen molar-refractivity contribution in [3.8, 4) is 11.4 Å². The molecule has 12 heteroatoms. The van der Waals surface area contributed by atoms with E-state index in [1.807, 2.05) is 0 Å². The van der Waals surface area contributed by atoms with Crippen LogP contribution in [0.2, 0.25) is 0 Å². The van der Waals surface area contributed by atoms with E-state index in [2.05, 4.69) is 20.1 Å². The molecule has 0 saturated heterocycles. The number of nitrogens with zero attached hydrogens (tertiary/aromatic N) is 6. The van der Waals surface area contributed by atoms with Gasteiger partial charge in [0.15, 0.2) is 26.2 Å². The number of halogens is 3. The topological polar surface area (TPSA) is 95.0 Å². The first-order valence-electron chi connectivity index (χ1n) is 8.09. The van der Waals surface area contributed by atoms with Crippen LogP contribution in [-0.4, -0.2) is 43.3 Å². The molecule has 0 atom stereocenters. The number of pyridine rings is 1. The van der Waals surface area contributed by atoms with Crippen molar-refractivity contribution in [3.05, 3.63) is 36.3 Å². The lowest BCUT2D eigenvalue weighted by molar-refractivity contribution is -0.137. The molecule has 0 radical (unpaired) electrons. The Kier molecular flexibility index (Phi) is 3.93. The second-order valence-electron chi connectivity index (χ2n) is 6.03. The van der Waals surface area contributed by atoms with Gasteiger partial charge in [0.2, 0.25) is 0 Å². The monoisotopic (exact) mass is 410 g/mol. The van der Waals surface area contributed by atoms with Crippen molar-refractivity contribution in [1.82, 2.24) is 29.1 Å². The van der Waals surface area contributed by atoms with Gasteiger partial charge in [0.1, 0.15) is 16.9 Å². The maximum Gasteiger partial charge on any atom is 0.417 e. The molecule has 146 valence electrons. The first-order chi connectivity index (χ1) is 13.1. The van der Waals surface area contributed by atoms with Crippen LogP contribution in [0.4, 0.5) is 13.2 Å². The highest BCUT2D eigenvalue weighted by Gasteiger charge is 2.33. The average Bonchev–Trinajstić information content (AvgIpc) is 3.19. The Morgan fingerprint density at radius 2 is 1.93 bits per heavy atom. The van der Waals surface area contributed by atoms with Crippen LogP contribution in [0.15, 0.2) is 35.7 Å². The third-order valence-electron chi connectivity index (χ3n) is 4.30. The molecule has 4 aromatic rings. The van der Waals surface area contributed by atoms with Crippen molar-refractivity contribution in [2.45, 2.75) is 18.1 Å². The van der Waals surface area contributed by atoms with E-state index in [1.165, 1.54) is 28.4 Å². The van der Waals surface area contributed by atoms with Crippen LogP contribution in [0, 0.1) is 0 Å². The summed E-state index contributed by atoms with van der Waals surface area (Å²) in [4.78, 5) is 12.3. The highest BCUT2D eigenvalue weighted by atomic mass is 32.2. The minimum absolute atomic E-state index is 0.0116. The minimum Gasteiger partial charge on any atom is -0.312 e. The average molecular weight is 410 g/mol. The van der Waals surface area contributed by atoms with E-state index in [0.29, 0.717) is 6.20 Å². The summed E-state index contributed by atoms with van der Waals surface area (Å²) in [7, 11) is -2.21. The summed E-state index contributed by atoms with van der Waals surface area (Å²) in [6, 6.07) is 2.46. The van der Waals surface area contributed by atoms with Gasteiger partial charge in [-0.1, -0.05) is 6.92 Å². The number of hydrogen-bond donors (Lipinski definition) is 0. The number of imidazole rings is 1. The maximum absolute atomic E-state index is 13.0. The zero-order valence-electron chi connectivity index (χ0n) is 14.6. The van der Waals surface area contributed by atoms with Crippen LogP contribution in [0.1, 0.15) is 12.5 Å². The number of sulfone groups is 1. The molecular weight excluding hydrogens is 397 g/mol. The Morgan fingerprint density at radius 3 is 2.61 bits per heavy atom.